The summed E-state index contributed by atoms with van der Waals surface area (Å²) < 4.78 is 43.2. The first kappa shape index (κ1) is 20.4. The molecule has 0 aromatic carbocycles. The van der Waals surface area contributed by atoms with Gasteiger partial charge in [0.2, 0.25) is 0 Å². The van der Waals surface area contributed by atoms with E-state index in [1.165, 1.54) is 11.3 Å². The molecule has 0 saturated heterocycles. The van der Waals surface area contributed by atoms with Crippen LogP contribution >= 0.6 is 22.9 Å². The zero-order chi connectivity index (χ0) is 21.6. The van der Waals surface area contributed by atoms with Crippen molar-refractivity contribution in [2.45, 2.75) is 19.6 Å². The highest BCUT2D eigenvalue weighted by Gasteiger charge is 2.36. The van der Waals surface area contributed by atoms with Crippen molar-refractivity contribution in [3.63, 3.8) is 0 Å². The standard InChI is InChI=1S/C18H14ClF3N6OS/c1-9-6-10(25-27(9)2)8-23-17(29)15-14(19)16-24-11(12-4-3-5-30-12)7-13(18(20,21)22)28(16)26-15/h3-7H,8H2,1-2H3,(H,23,29). The van der Waals surface area contributed by atoms with E-state index < -0.39 is 17.8 Å². The van der Waals surface area contributed by atoms with E-state index in [9.17, 15) is 18.0 Å². The van der Waals surface area contributed by atoms with E-state index in [1.54, 1.807) is 35.3 Å². The number of aromatic nitrogens is 5. The molecule has 4 rings (SSSR count). The molecule has 0 radical (unpaired) electrons. The second-order valence-corrected chi connectivity index (χ2v) is 7.81. The average Bonchev–Trinajstić information content (AvgIpc) is 3.39. The number of halogens is 4. The topological polar surface area (TPSA) is 77.1 Å². The van der Waals surface area contributed by atoms with Crippen LogP contribution in [0.2, 0.25) is 5.02 Å². The molecule has 1 N–H and O–H groups in total. The minimum absolute atomic E-state index is 0.0741. The monoisotopic (exact) mass is 454 g/mol. The van der Waals surface area contributed by atoms with Gasteiger partial charge >= 0.3 is 6.18 Å². The Morgan fingerprint density at radius 1 is 1.30 bits per heavy atom. The normalized spacial score (nSPS) is 11.9. The molecule has 30 heavy (non-hydrogen) atoms. The van der Waals surface area contributed by atoms with Gasteiger partial charge in [0.05, 0.1) is 22.8 Å². The molecule has 0 aliphatic heterocycles. The van der Waals surface area contributed by atoms with Gasteiger partial charge in [0, 0.05) is 12.7 Å². The average molecular weight is 455 g/mol. The highest BCUT2D eigenvalue weighted by atomic mass is 35.5. The smallest absolute Gasteiger partial charge is 0.345 e. The summed E-state index contributed by atoms with van der Waals surface area (Å²) in [7, 11) is 1.76. The summed E-state index contributed by atoms with van der Waals surface area (Å²) in [5.74, 6) is -0.723. The number of carbonyl (C=O) groups excluding carboxylic acids is 1. The third-order valence-electron chi connectivity index (χ3n) is 4.41. The summed E-state index contributed by atoms with van der Waals surface area (Å²) in [5.41, 5.74) is -0.0680. The molecule has 0 bridgehead atoms. The van der Waals surface area contributed by atoms with Gasteiger partial charge < -0.3 is 5.32 Å². The first-order chi connectivity index (χ1) is 14.1. The molecule has 0 saturated carbocycles. The Bertz CT molecular complexity index is 1230. The van der Waals surface area contributed by atoms with Crippen molar-refractivity contribution >= 4 is 34.5 Å². The number of nitrogens with zero attached hydrogens (tertiary/aromatic N) is 5. The maximum absolute atomic E-state index is 13.7. The Hall–Kier alpha value is -2.92. The van der Waals surface area contributed by atoms with Crippen LogP contribution in [0.4, 0.5) is 13.2 Å². The molecule has 156 valence electrons. The Morgan fingerprint density at radius 3 is 2.67 bits per heavy atom. The first-order valence-corrected chi connectivity index (χ1v) is 9.89. The quantitative estimate of drug-likeness (QED) is 0.503. The fourth-order valence-electron chi connectivity index (χ4n) is 2.86. The van der Waals surface area contributed by atoms with Crippen LogP contribution in [0.3, 0.4) is 0 Å². The zero-order valence-electron chi connectivity index (χ0n) is 15.7. The number of aryl methyl sites for hydroxylation is 2. The lowest BCUT2D eigenvalue weighted by atomic mass is 10.2. The Kier molecular flexibility index (Phi) is 5.02. The number of rotatable bonds is 4. The molecule has 0 atom stereocenters. The molecule has 12 heteroatoms. The molecule has 1 amide bonds. The van der Waals surface area contributed by atoms with Gasteiger partial charge in [0.15, 0.2) is 17.0 Å². The molecule has 0 unspecified atom stereocenters. The van der Waals surface area contributed by atoms with Gasteiger partial charge in [0.1, 0.15) is 5.02 Å². The fraction of sp³-hybridized carbons (Fsp3) is 0.222. The molecule has 4 aromatic rings. The molecule has 7 nitrogen and oxygen atoms in total. The molecular weight excluding hydrogens is 441 g/mol. The van der Waals surface area contributed by atoms with Crippen LogP contribution < -0.4 is 5.32 Å². The van der Waals surface area contributed by atoms with Crippen molar-refractivity contribution in [1.29, 1.82) is 0 Å². The van der Waals surface area contributed by atoms with Crippen molar-refractivity contribution in [3.8, 4) is 10.6 Å². The number of amides is 1. The van der Waals surface area contributed by atoms with Crippen LogP contribution in [0.15, 0.2) is 29.6 Å². The van der Waals surface area contributed by atoms with Crippen LogP contribution in [0, 0.1) is 6.92 Å². The molecular formula is C18H14ClF3N6OS. The van der Waals surface area contributed by atoms with Gasteiger partial charge in [-0.3, -0.25) is 9.48 Å². The maximum Gasteiger partial charge on any atom is 0.433 e. The van der Waals surface area contributed by atoms with E-state index in [0.717, 1.165) is 11.8 Å². The minimum atomic E-state index is -4.72. The van der Waals surface area contributed by atoms with Gasteiger partial charge in [-0.15, -0.1) is 11.3 Å². The van der Waals surface area contributed by atoms with Gasteiger partial charge in [0.25, 0.3) is 5.91 Å². The predicted octanol–water partition coefficient (Wildman–Crippen LogP) is 4.10. The van der Waals surface area contributed by atoms with Gasteiger partial charge in [-0.25, -0.2) is 9.50 Å². The Balaban J connectivity index is 1.74. The van der Waals surface area contributed by atoms with Crippen LogP contribution in [0.25, 0.3) is 16.2 Å². The predicted molar refractivity (Wildman–Crippen MR) is 105 cm³/mol. The van der Waals surface area contributed by atoms with Gasteiger partial charge in [-0.1, -0.05) is 17.7 Å². The van der Waals surface area contributed by atoms with Crippen molar-refractivity contribution in [3.05, 3.63) is 57.4 Å². The maximum atomic E-state index is 13.7. The van der Waals surface area contributed by atoms with E-state index in [0.29, 0.717) is 15.1 Å². The van der Waals surface area contributed by atoms with E-state index >= 15 is 0 Å². The summed E-state index contributed by atoms with van der Waals surface area (Å²) in [6, 6.07) is 6.02. The van der Waals surface area contributed by atoms with Crippen molar-refractivity contribution in [1.82, 2.24) is 29.7 Å². The van der Waals surface area contributed by atoms with Crippen LogP contribution in [-0.2, 0) is 19.8 Å². The van der Waals surface area contributed by atoms with E-state index in [2.05, 4.69) is 20.5 Å². The third kappa shape index (κ3) is 3.65. The van der Waals surface area contributed by atoms with Crippen molar-refractivity contribution in [2.75, 3.05) is 0 Å². The van der Waals surface area contributed by atoms with Crippen LogP contribution in [0.1, 0.15) is 27.6 Å². The highest BCUT2D eigenvalue weighted by molar-refractivity contribution is 7.13. The minimum Gasteiger partial charge on any atom is -0.345 e. The fourth-order valence-corrected chi connectivity index (χ4v) is 3.80. The molecule has 0 aliphatic carbocycles. The number of hydrogen-bond donors (Lipinski definition) is 1. The summed E-state index contributed by atoms with van der Waals surface area (Å²) in [5, 5.41) is 12.1. The third-order valence-corrected chi connectivity index (χ3v) is 5.65. The highest BCUT2D eigenvalue weighted by Crippen LogP contribution is 2.35. The van der Waals surface area contributed by atoms with Gasteiger partial charge in [-0.05, 0) is 30.5 Å². The van der Waals surface area contributed by atoms with Crippen LogP contribution in [-0.4, -0.2) is 30.3 Å². The lowest BCUT2D eigenvalue weighted by Crippen LogP contribution is -2.24. The first-order valence-electron chi connectivity index (χ1n) is 8.63. The SMILES string of the molecule is Cc1cc(CNC(=O)c2nn3c(C(F)(F)F)cc(-c4cccs4)nc3c2Cl)nn1C. The van der Waals surface area contributed by atoms with Gasteiger partial charge in [-0.2, -0.15) is 23.4 Å². The summed E-state index contributed by atoms with van der Waals surface area (Å²) >= 11 is 7.47. The van der Waals surface area contributed by atoms with Crippen molar-refractivity contribution in [2.24, 2.45) is 7.05 Å². The lowest BCUT2D eigenvalue weighted by Gasteiger charge is -2.10. The molecule has 0 aliphatic rings. The lowest BCUT2D eigenvalue weighted by molar-refractivity contribution is -0.142. The number of thiophene rings is 1. The van der Waals surface area contributed by atoms with E-state index in [-0.39, 0.29) is 28.6 Å². The number of hydrogen-bond acceptors (Lipinski definition) is 5. The molecule has 0 fully saturated rings. The molecule has 0 spiro atoms. The van der Waals surface area contributed by atoms with E-state index in [1.807, 2.05) is 6.92 Å². The summed E-state index contributed by atoms with van der Waals surface area (Å²) in [6.07, 6.45) is -4.72. The molecule has 4 heterocycles. The second-order valence-electron chi connectivity index (χ2n) is 6.48. The zero-order valence-corrected chi connectivity index (χ0v) is 17.2. The summed E-state index contributed by atoms with van der Waals surface area (Å²) in [4.78, 5) is 17.3. The van der Waals surface area contributed by atoms with Crippen molar-refractivity contribution < 1.29 is 18.0 Å². The molecule has 4 aromatic heterocycles. The van der Waals surface area contributed by atoms with E-state index in [4.69, 9.17) is 11.6 Å². The summed E-state index contributed by atoms with van der Waals surface area (Å²) in [6.45, 7) is 1.93. The second kappa shape index (κ2) is 7.40. The largest absolute Gasteiger partial charge is 0.433 e. The number of nitrogens with one attached hydrogen (secondary N) is 1. The number of fused-ring (bicyclic) bond motifs is 1. The van der Waals surface area contributed by atoms with Crippen LogP contribution in [0.5, 0.6) is 0 Å². The number of carbonyl (C=O) groups is 1. The Labute approximate surface area is 177 Å². The number of alkyl halides is 3. The Morgan fingerprint density at radius 2 is 2.07 bits per heavy atom.